The minimum atomic E-state index is -0.421. The molecular formula is C28H29ClN2O2. The lowest BCUT2D eigenvalue weighted by atomic mass is 10.0. The molecule has 1 aromatic heterocycles. The first kappa shape index (κ1) is 22.9. The van der Waals surface area contributed by atoms with Gasteiger partial charge in [0.05, 0.1) is 17.8 Å². The zero-order valence-electron chi connectivity index (χ0n) is 19.1. The average molecular weight is 461 g/mol. The van der Waals surface area contributed by atoms with E-state index in [2.05, 4.69) is 43.3 Å². The highest BCUT2D eigenvalue weighted by atomic mass is 35.5. The summed E-state index contributed by atoms with van der Waals surface area (Å²) < 4.78 is 7.27. The highest BCUT2D eigenvalue weighted by molar-refractivity contribution is 6.30. The first-order valence-electron chi connectivity index (χ1n) is 11.4. The van der Waals surface area contributed by atoms with E-state index in [-0.39, 0.29) is 6.61 Å². The summed E-state index contributed by atoms with van der Waals surface area (Å²) in [5, 5.41) is 1.49. The normalized spacial score (nSPS) is 11.1. The van der Waals surface area contributed by atoms with Crippen LogP contribution >= 0.6 is 11.6 Å². The molecule has 2 N–H and O–H groups in total. The van der Waals surface area contributed by atoms with Crippen LogP contribution in [0, 0.1) is 0 Å². The molecule has 4 aromatic rings. The topological polar surface area (TPSA) is 57.3 Å². The Labute approximate surface area is 199 Å². The van der Waals surface area contributed by atoms with Gasteiger partial charge in [-0.1, -0.05) is 73.5 Å². The van der Waals surface area contributed by atoms with Crippen molar-refractivity contribution in [1.82, 2.24) is 4.57 Å². The van der Waals surface area contributed by atoms with Gasteiger partial charge < -0.3 is 15.0 Å². The molecule has 4 nitrogen and oxygen atoms in total. The van der Waals surface area contributed by atoms with Crippen LogP contribution in [0.25, 0.3) is 22.0 Å². The van der Waals surface area contributed by atoms with Gasteiger partial charge in [0.2, 0.25) is 0 Å². The smallest absolute Gasteiger partial charge is 0.357 e. The minimum Gasteiger partial charge on any atom is -0.461 e. The number of carbonyl (C=O) groups excluding carboxylic acids is 1. The Morgan fingerprint density at radius 2 is 1.73 bits per heavy atom. The van der Waals surface area contributed by atoms with Gasteiger partial charge >= 0.3 is 5.97 Å². The number of benzene rings is 3. The predicted octanol–water partition coefficient (Wildman–Crippen LogP) is 7.11. The van der Waals surface area contributed by atoms with Crippen molar-refractivity contribution >= 4 is 34.2 Å². The van der Waals surface area contributed by atoms with Crippen molar-refractivity contribution in [3.63, 3.8) is 0 Å². The number of carbonyl (C=O) groups is 1. The summed E-state index contributed by atoms with van der Waals surface area (Å²) in [5.41, 5.74) is 12.7. The summed E-state index contributed by atoms with van der Waals surface area (Å²) in [6.07, 6.45) is 3.47. The number of ether oxygens (including phenoxy) is 1. The molecule has 0 aliphatic heterocycles. The Morgan fingerprint density at radius 3 is 2.42 bits per heavy atom. The molecule has 0 unspecified atom stereocenters. The molecule has 4 rings (SSSR count). The fourth-order valence-electron chi connectivity index (χ4n) is 4.20. The third-order valence-corrected chi connectivity index (χ3v) is 6.14. The van der Waals surface area contributed by atoms with Crippen molar-refractivity contribution in [2.75, 3.05) is 12.3 Å². The zero-order valence-corrected chi connectivity index (χ0v) is 19.9. The molecule has 3 aromatic carbocycles. The summed E-state index contributed by atoms with van der Waals surface area (Å²) in [6, 6.07) is 22.5. The van der Waals surface area contributed by atoms with Gasteiger partial charge in [0.25, 0.3) is 0 Å². The maximum atomic E-state index is 12.8. The van der Waals surface area contributed by atoms with Crippen LogP contribution in [0.1, 0.15) is 48.3 Å². The van der Waals surface area contributed by atoms with Gasteiger partial charge in [-0.25, -0.2) is 4.79 Å². The highest BCUT2D eigenvalue weighted by Crippen LogP contribution is 2.34. The molecule has 5 heteroatoms. The molecule has 0 bridgehead atoms. The van der Waals surface area contributed by atoms with Crippen LogP contribution in [-0.4, -0.2) is 17.1 Å². The predicted molar refractivity (Wildman–Crippen MR) is 137 cm³/mol. The molecule has 0 saturated heterocycles. The Balaban J connectivity index is 1.81. The lowest BCUT2D eigenvalue weighted by molar-refractivity contribution is 0.0516. The molecular weight excluding hydrogens is 432 g/mol. The molecule has 0 spiro atoms. The van der Waals surface area contributed by atoms with E-state index in [1.165, 1.54) is 18.4 Å². The maximum absolute atomic E-state index is 12.8. The molecule has 1 heterocycles. The standard InChI is InChI=1S/C28H29ClN2O2/c1-3-5-7-19-10-12-21(13-11-19)22-14-15-24-25(17-22)31(18-20-8-6-9-23(29)16-20)27(26(24)30)28(32)33-4-2/h6,8-17H,3-5,7,18,30H2,1-2H3. The Bertz CT molecular complexity index is 1280. The van der Waals surface area contributed by atoms with Crippen LogP contribution in [-0.2, 0) is 17.7 Å². The van der Waals surface area contributed by atoms with Gasteiger partial charge in [-0.2, -0.15) is 0 Å². The van der Waals surface area contributed by atoms with Gasteiger partial charge in [0, 0.05) is 17.0 Å². The van der Waals surface area contributed by atoms with Gasteiger partial charge in [-0.05, 0) is 60.2 Å². The number of nitrogen functional groups attached to an aromatic ring is 1. The molecule has 170 valence electrons. The fourth-order valence-corrected chi connectivity index (χ4v) is 4.42. The Kier molecular flexibility index (Phi) is 7.05. The first-order valence-corrected chi connectivity index (χ1v) is 11.8. The number of unbranched alkanes of at least 4 members (excludes halogenated alkanes) is 1. The van der Waals surface area contributed by atoms with Crippen LogP contribution < -0.4 is 5.73 Å². The van der Waals surface area contributed by atoms with E-state index in [0.717, 1.165) is 34.0 Å². The van der Waals surface area contributed by atoms with Crippen LogP contribution in [0.5, 0.6) is 0 Å². The largest absolute Gasteiger partial charge is 0.461 e. The van der Waals surface area contributed by atoms with E-state index >= 15 is 0 Å². The lowest BCUT2D eigenvalue weighted by Crippen LogP contribution is -2.14. The monoisotopic (exact) mass is 460 g/mol. The highest BCUT2D eigenvalue weighted by Gasteiger charge is 2.23. The van der Waals surface area contributed by atoms with E-state index in [1.54, 1.807) is 6.92 Å². The summed E-state index contributed by atoms with van der Waals surface area (Å²) in [6.45, 7) is 4.74. The minimum absolute atomic E-state index is 0.284. The van der Waals surface area contributed by atoms with E-state index in [1.807, 2.05) is 34.9 Å². The number of hydrogen-bond acceptors (Lipinski definition) is 3. The quantitative estimate of drug-likeness (QED) is 0.285. The van der Waals surface area contributed by atoms with Crippen LogP contribution in [0.15, 0.2) is 66.7 Å². The number of nitrogens with zero attached hydrogens (tertiary/aromatic N) is 1. The second-order valence-electron chi connectivity index (χ2n) is 8.23. The van der Waals surface area contributed by atoms with Gasteiger partial charge in [-0.15, -0.1) is 0 Å². The molecule has 0 radical (unpaired) electrons. The van der Waals surface area contributed by atoms with Crippen LogP contribution in [0.3, 0.4) is 0 Å². The summed E-state index contributed by atoms with van der Waals surface area (Å²) in [7, 11) is 0. The van der Waals surface area contributed by atoms with Gasteiger partial charge in [0.15, 0.2) is 5.69 Å². The summed E-state index contributed by atoms with van der Waals surface area (Å²) >= 11 is 6.21. The third-order valence-electron chi connectivity index (χ3n) is 5.91. The second kappa shape index (κ2) is 10.1. The van der Waals surface area contributed by atoms with Crippen molar-refractivity contribution in [3.05, 3.63) is 88.6 Å². The van der Waals surface area contributed by atoms with Crippen LogP contribution in [0.4, 0.5) is 5.69 Å². The van der Waals surface area contributed by atoms with Crippen LogP contribution in [0.2, 0.25) is 5.02 Å². The molecule has 0 aliphatic rings. The van der Waals surface area contributed by atoms with Crippen molar-refractivity contribution in [1.29, 1.82) is 0 Å². The number of esters is 1. The average Bonchev–Trinajstić information content (AvgIpc) is 3.09. The second-order valence-corrected chi connectivity index (χ2v) is 8.67. The van der Waals surface area contributed by atoms with E-state index in [0.29, 0.717) is 22.9 Å². The Hall–Kier alpha value is -3.24. The van der Waals surface area contributed by atoms with E-state index < -0.39 is 5.97 Å². The van der Waals surface area contributed by atoms with E-state index in [4.69, 9.17) is 22.1 Å². The summed E-state index contributed by atoms with van der Waals surface area (Å²) in [5.74, 6) is -0.421. The number of aryl methyl sites for hydroxylation is 1. The van der Waals surface area contributed by atoms with Gasteiger partial charge in [-0.3, -0.25) is 0 Å². The Morgan fingerprint density at radius 1 is 0.970 bits per heavy atom. The molecule has 0 amide bonds. The van der Waals surface area contributed by atoms with E-state index in [9.17, 15) is 4.79 Å². The summed E-state index contributed by atoms with van der Waals surface area (Å²) in [4.78, 5) is 12.8. The zero-order chi connectivity index (χ0) is 23.4. The number of fused-ring (bicyclic) bond motifs is 1. The number of halogens is 1. The molecule has 0 aliphatic carbocycles. The maximum Gasteiger partial charge on any atom is 0.357 e. The third kappa shape index (κ3) is 4.91. The van der Waals surface area contributed by atoms with Crippen molar-refractivity contribution in [2.45, 2.75) is 39.7 Å². The van der Waals surface area contributed by atoms with Crippen molar-refractivity contribution in [2.24, 2.45) is 0 Å². The molecule has 33 heavy (non-hydrogen) atoms. The number of rotatable bonds is 8. The fraction of sp³-hybridized carbons (Fsp3) is 0.250. The number of anilines is 1. The van der Waals surface area contributed by atoms with Crippen molar-refractivity contribution < 1.29 is 9.53 Å². The SMILES string of the molecule is CCCCc1ccc(-c2ccc3c(N)c(C(=O)OCC)n(Cc4cccc(Cl)c4)c3c2)cc1. The first-order chi connectivity index (χ1) is 16.0. The molecule has 0 atom stereocenters. The number of aromatic nitrogens is 1. The number of nitrogens with two attached hydrogens (primary N) is 1. The lowest BCUT2D eigenvalue weighted by Gasteiger charge is -2.12. The molecule has 0 saturated carbocycles. The number of hydrogen-bond donors (Lipinski definition) is 1. The molecule has 0 fully saturated rings. The van der Waals surface area contributed by atoms with Gasteiger partial charge in [0.1, 0.15) is 0 Å². The van der Waals surface area contributed by atoms with Crippen molar-refractivity contribution in [3.8, 4) is 11.1 Å².